The number of aryl methyl sites for hydroxylation is 1. The third-order valence-electron chi connectivity index (χ3n) is 4.22. The van der Waals surface area contributed by atoms with Crippen LogP contribution in [0, 0.1) is 6.92 Å². The van der Waals surface area contributed by atoms with Gasteiger partial charge in [0.1, 0.15) is 5.82 Å². The molecule has 0 fully saturated rings. The zero-order valence-corrected chi connectivity index (χ0v) is 15.2. The number of anilines is 1. The zero-order valence-electron chi connectivity index (χ0n) is 15.2. The van der Waals surface area contributed by atoms with Gasteiger partial charge in [-0.15, -0.1) is 0 Å². The average Bonchev–Trinajstić information content (AvgIpc) is 2.60. The van der Waals surface area contributed by atoms with Crippen molar-refractivity contribution >= 4 is 5.82 Å². The number of hydrogen-bond donors (Lipinski definition) is 1. The van der Waals surface area contributed by atoms with Crippen LogP contribution in [0.4, 0.5) is 5.82 Å². The van der Waals surface area contributed by atoms with Crippen molar-refractivity contribution in [2.75, 3.05) is 11.9 Å². The first-order chi connectivity index (χ1) is 11.8. The summed E-state index contributed by atoms with van der Waals surface area (Å²) in [4.78, 5) is 9.20. The maximum atomic E-state index is 4.65. The van der Waals surface area contributed by atoms with Gasteiger partial charge < -0.3 is 5.32 Å². The van der Waals surface area contributed by atoms with Crippen LogP contribution >= 0.6 is 0 Å². The molecule has 3 heteroatoms. The molecule has 0 amide bonds. The van der Waals surface area contributed by atoms with E-state index >= 15 is 0 Å². The monoisotopic (exact) mass is 325 g/mol. The quantitative estimate of drug-likeness (QED) is 0.514. The van der Waals surface area contributed by atoms with Crippen molar-refractivity contribution < 1.29 is 0 Å². The summed E-state index contributed by atoms with van der Waals surface area (Å²) >= 11 is 0. The number of aromatic nitrogens is 2. The summed E-state index contributed by atoms with van der Waals surface area (Å²) in [5.74, 6) is 1.73. The number of unbranched alkanes of at least 4 members (excludes halogenated alkanes) is 7. The van der Waals surface area contributed by atoms with Crippen LogP contribution < -0.4 is 5.32 Å². The third kappa shape index (κ3) is 6.69. The maximum absolute atomic E-state index is 4.65. The minimum absolute atomic E-state index is 0.800. The highest BCUT2D eigenvalue weighted by Gasteiger charge is 2.04. The van der Waals surface area contributed by atoms with Crippen LogP contribution in [0.5, 0.6) is 0 Å². The molecule has 0 aliphatic heterocycles. The minimum atomic E-state index is 0.800. The fraction of sp³-hybridized carbons (Fsp3) is 0.524. The van der Waals surface area contributed by atoms with Gasteiger partial charge in [0, 0.05) is 23.9 Å². The number of rotatable bonds is 11. The molecule has 1 aromatic carbocycles. The van der Waals surface area contributed by atoms with E-state index in [4.69, 9.17) is 0 Å². The van der Waals surface area contributed by atoms with Crippen molar-refractivity contribution in [3.63, 3.8) is 0 Å². The van der Waals surface area contributed by atoms with Crippen LogP contribution in [0.3, 0.4) is 0 Å². The van der Waals surface area contributed by atoms with Crippen molar-refractivity contribution in [2.45, 2.75) is 65.2 Å². The largest absolute Gasteiger partial charge is 0.370 e. The lowest BCUT2D eigenvalue weighted by Gasteiger charge is -2.09. The average molecular weight is 326 g/mol. The Morgan fingerprint density at radius 2 is 1.50 bits per heavy atom. The number of nitrogens with one attached hydrogen (secondary N) is 1. The molecule has 0 saturated heterocycles. The Hall–Kier alpha value is -1.90. The molecule has 0 spiro atoms. The number of nitrogens with zero attached hydrogens (tertiary/aromatic N) is 2. The highest BCUT2D eigenvalue weighted by molar-refractivity contribution is 5.57. The van der Waals surface area contributed by atoms with Crippen molar-refractivity contribution in [1.29, 1.82) is 0 Å². The van der Waals surface area contributed by atoms with Crippen LogP contribution in [-0.4, -0.2) is 16.5 Å². The Morgan fingerprint density at radius 3 is 2.21 bits per heavy atom. The molecule has 2 rings (SSSR count). The first-order valence-corrected chi connectivity index (χ1v) is 9.44. The second-order valence-electron chi connectivity index (χ2n) is 6.49. The fourth-order valence-electron chi connectivity index (χ4n) is 2.85. The Labute approximate surface area is 146 Å². The molecule has 3 nitrogen and oxygen atoms in total. The Morgan fingerprint density at radius 1 is 0.833 bits per heavy atom. The summed E-state index contributed by atoms with van der Waals surface area (Å²) in [6.07, 6.45) is 10.7. The van der Waals surface area contributed by atoms with Crippen LogP contribution in [0.1, 0.15) is 64.0 Å². The molecular formula is C21H31N3. The first kappa shape index (κ1) is 18.4. The molecule has 0 atom stereocenters. The van der Waals surface area contributed by atoms with Gasteiger partial charge >= 0.3 is 0 Å². The summed E-state index contributed by atoms with van der Waals surface area (Å²) < 4.78 is 0. The standard InChI is InChI=1S/C21H31N3/c1-3-4-5-6-7-8-9-13-16-22-20-17-18(2)23-21(24-20)19-14-11-10-12-15-19/h10-12,14-15,17H,3-9,13,16H2,1-2H3,(H,22,23,24). The fourth-order valence-corrected chi connectivity index (χ4v) is 2.85. The summed E-state index contributed by atoms with van der Waals surface area (Å²) in [6.45, 7) is 5.28. The molecule has 0 saturated carbocycles. The van der Waals surface area contributed by atoms with Crippen molar-refractivity contribution in [3.05, 3.63) is 42.1 Å². The molecule has 0 aliphatic rings. The van der Waals surface area contributed by atoms with Gasteiger partial charge in [0.2, 0.25) is 0 Å². The summed E-state index contributed by atoms with van der Waals surface area (Å²) in [7, 11) is 0. The van der Waals surface area contributed by atoms with E-state index in [0.717, 1.165) is 29.4 Å². The Bertz CT molecular complexity index is 581. The smallest absolute Gasteiger partial charge is 0.161 e. The maximum Gasteiger partial charge on any atom is 0.161 e. The lowest BCUT2D eigenvalue weighted by Crippen LogP contribution is -2.05. The van der Waals surface area contributed by atoms with E-state index in [0.29, 0.717) is 0 Å². The van der Waals surface area contributed by atoms with Crippen LogP contribution in [-0.2, 0) is 0 Å². The molecule has 0 unspecified atom stereocenters. The van der Waals surface area contributed by atoms with E-state index in [1.807, 2.05) is 31.2 Å². The van der Waals surface area contributed by atoms with Crippen LogP contribution in [0.2, 0.25) is 0 Å². The minimum Gasteiger partial charge on any atom is -0.370 e. The second-order valence-corrected chi connectivity index (χ2v) is 6.49. The molecule has 1 N–H and O–H groups in total. The predicted molar refractivity (Wildman–Crippen MR) is 103 cm³/mol. The molecule has 130 valence electrons. The molecule has 2 aromatic rings. The molecule has 24 heavy (non-hydrogen) atoms. The second kappa shape index (κ2) is 10.8. The first-order valence-electron chi connectivity index (χ1n) is 9.44. The van der Waals surface area contributed by atoms with Gasteiger partial charge in [-0.3, -0.25) is 0 Å². The summed E-state index contributed by atoms with van der Waals surface area (Å²) in [5.41, 5.74) is 2.07. The number of benzene rings is 1. The number of hydrogen-bond acceptors (Lipinski definition) is 3. The highest BCUT2D eigenvalue weighted by atomic mass is 15.0. The van der Waals surface area contributed by atoms with Crippen LogP contribution in [0.15, 0.2) is 36.4 Å². The molecule has 0 radical (unpaired) electrons. The van der Waals surface area contributed by atoms with Gasteiger partial charge in [-0.05, 0) is 13.3 Å². The van der Waals surface area contributed by atoms with E-state index in [1.165, 1.54) is 51.4 Å². The van der Waals surface area contributed by atoms with Gasteiger partial charge in [0.25, 0.3) is 0 Å². The third-order valence-corrected chi connectivity index (χ3v) is 4.22. The van der Waals surface area contributed by atoms with E-state index in [-0.39, 0.29) is 0 Å². The molecule has 0 bridgehead atoms. The van der Waals surface area contributed by atoms with Crippen molar-refractivity contribution in [3.8, 4) is 11.4 Å². The van der Waals surface area contributed by atoms with Gasteiger partial charge in [-0.1, -0.05) is 82.2 Å². The molecule has 1 aromatic heterocycles. The highest BCUT2D eigenvalue weighted by Crippen LogP contribution is 2.17. The summed E-state index contributed by atoms with van der Waals surface area (Å²) in [6, 6.07) is 12.2. The SMILES string of the molecule is CCCCCCCCCCNc1cc(C)nc(-c2ccccc2)n1. The van der Waals surface area contributed by atoms with E-state index < -0.39 is 0 Å². The summed E-state index contributed by atoms with van der Waals surface area (Å²) in [5, 5.41) is 3.46. The van der Waals surface area contributed by atoms with Crippen LogP contribution in [0.25, 0.3) is 11.4 Å². The van der Waals surface area contributed by atoms with Gasteiger partial charge in [-0.25, -0.2) is 9.97 Å². The lowest BCUT2D eigenvalue weighted by atomic mass is 10.1. The van der Waals surface area contributed by atoms with E-state index in [2.05, 4.69) is 34.3 Å². The Balaban J connectivity index is 1.72. The van der Waals surface area contributed by atoms with Gasteiger partial charge in [0.15, 0.2) is 5.82 Å². The molecular weight excluding hydrogens is 294 g/mol. The van der Waals surface area contributed by atoms with Crippen molar-refractivity contribution in [1.82, 2.24) is 9.97 Å². The topological polar surface area (TPSA) is 37.8 Å². The van der Waals surface area contributed by atoms with E-state index in [1.54, 1.807) is 0 Å². The molecule has 0 aliphatic carbocycles. The lowest BCUT2D eigenvalue weighted by molar-refractivity contribution is 0.581. The zero-order chi connectivity index (χ0) is 17.0. The normalized spacial score (nSPS) is 10.8. The predicted octanol–water partition coefficient (Wildman–Crippen LogP) is 6.00. The van der Waals surface area contributed by atoms with Gasteiger partial charge in [-0.2, -0.15) is 0 Å². The molecule has 1 heterocycles. The van der Waals surface area contributed by atoms with E-state index in [9.17, 15) is 0 Å². The van der Waals surface area contributed by atoms with Gasteiger partial charge in [0.05, 0.1) is 0 Å². The van der Waals surface area contributed by atoms with Crippen molar-refractivity contribution in [2.24, 2.45) is 0 Å². The Kier molecular flexibility index (Phi) is 8.29.